The van der Waals surface area contributed by atoms with Crippen LogP contribution in [0.1, 0.15) is 27.3 Å². The minimum Gasteiger partial charge on any atom is -0.486 e. The minimum absolute atomic E-state index is 0.0197. The topological polar surface area (TPSA) is 212 Å². The largest absolute Gasteiger partial charge is 0.486 e. The zero-order valence-corrected chi connectivity index (χ0v) is 28.6. The van der Waals surface area contributed by atoms with Crippen LogP contribution in [0, 0.1) is 0 Å². The number of aliphatic hydroxyl groups is 2. The number of carbonyl (C=O) groups is 3. The van der Waals surface area contributed by atoms with Crippen molar-refractivity contribution in [3.8, 4) is 22.8 Å². The van der Waals surface area contributed by atoms with Gasteiger partial charge in [-0.3, -0.25) is 30.0 Å². The number of aliphatic hydroxyl groups excluding tert-OH is 2. The summed E-state index contributed by atoms with van der Waals surface area (Å²) in [6.07, 6.45) is 1.42. The Balaban J connectivity index is 1.46. The Bertz CT molecular complexity index is 1850. The third-order valence-corrected chi connectivity index (χ3v) is 8.38. The number of benzene rings is 2. The summed E-state index contributed by atoms with van der Waals surface area (Å²) in [5, 5.41) is 45.4. The van der Waals surface area contributed by atoms with E-state index in [-0.39, 0.29) is 52.1 Å². The number of rotatable bonds is 17. The molecule has 0 aliphatic heterocycles. The molecule has 0 unspecified atom stereocenters. The molecule has 0 spiro atoms. The predicted octanol–water partition coefficient (Wildman–Crippen LogP) is 4.01. The summed E-state index contributed by atoms with van der Waals surface area (Å²) in [6, 6.07) is 12.4. The second-order valence-electron chi connectivity index (χ2n) is 10.6. The maximum absolute atomic E-state index is 13.0. The van der Waals surface area contributed by atoms with Crippen LogP contribution in [-0.4, -0.2) is 80.6 Å². The van der Waals surface area contributed by atoms with Crippen molar-refractivity contribution in [2.75, 3.05) is 25.6 Å². The molecule has 0 aliphatic rings. The Morgan fingerprint density at radius 1 is 0.860 bits per heavy atom. The van der Waals surface area contributed by atoms with Gasteiger partial charge in [-0.1, -0.05) is 65.1 Å². The molecule has 0 radical (unpaired) electrons. The van der Waals surface area contributed by atoms with Gasteiger partial charge in [0.15, 0.2) is 0 Å². The van der Waals surface area contributed by atoms with Gasteiger partial charge >= 0.3 is 11.9 Å². The molecule has 2 heterocycles. The van der Waals surface area contributed by atoms with E-state index in [9.17, 15) is 19.5 Å². The second-order valence-corrected chi connectivity index (χ2v) is 11.7. The van der Waals surface area contributed by atoms with Gasteiger partial charge in [-0.2, -0.15) is 0 Å². The van der Waals surface area contributed by atoms with Crippen LogP contribution in [0.3, 0.4) is 0 Å². The molecule has 4 rings (SSSR count). The predicted molar refractivity (Wildman–Crippen MR) is 185 cm³/mol. The Kier molecular flexibility index (Phi) is 13.7. The molecule has 1 amide bonds. The minimum atomic E-state index is -1.21. The summed E-state index contributed by atoms with van der Waals surface area (Å²) in [7, 11) is 1.40. The third-order valence-electron chi connectivity index (χ3n) is 7.26. The van der Waals surface area contributed by atoms with Crippen molar-refractivity contribution >= 4 is 58.3 Å². The maximum Gasteiger partial charge on any atom is 0.323 e. The van der Waals surface area contributed by atoms with Crippen molar-refractivity contribution in [2.24, 2.45) is 0 Å². The van der Waals surface area contributed by atoms with Crippen molar-refractivity contribution < 1.29 is 44.3 Å². The van der Waals surface area contributed by atoms with Gasteiger partial charge in [0.25, 0.3) is 5.91 Å². The standard InChI is InChI=1S/C33H32Cl3N5O9/c1-49-31-18(13-39-25(15-43)33(47)48)10-21(34)26(41-31)16-50-27-7-3-5-20(29(27)36)19-4-2-6-22(28(19)35)40-30(44)23-9-8-17(11-37-23)12-38-24(14-42)32(45)46/h2-11,24-25,38-39,42-43H,12-16H2,1H3,(H,40,44)(H,45,46)(H,47,48)/t24-,25-/m1/s1. The molecule has 2 aromatic heterocycles. The van der Waals surface area contributed by atoms with Crippen LogP contribution in [0.15, 0.2) is 60.8 Å². The zero-order valence-electron chi connectivity index (χ0n) is 26.3. The Labute approximate surface area is 301 Å². The molecule has 2 atom stereocenters. The molecule has 4 aromatic rings. The zero-order chi connectivity index (χ0) is 36.4. The van der Waals surface area contributed by atoms with E-state index in [1.165, 1.54) is 19.4 Å². The maximum atomic E-state index is 13.0. The van der Waals surface area contributed by atoms with Gasteiger partial charge in [-0.25, -0.2) is 4.98 Å². The second kappa shape index (κ2) is 17.9. The first-order chi connectivity index (χ1) is 24.0. The number of aromatic nitrogens is 2. The number of halogens is 3. The number of hydrogen-bond donors (Lipinski definition) is 7. The van der Waals surface area contributed by atoms with Crippen LogP contribution in [0.5, 0.6) is 11.6 Å². The number of carboxylic acid groups (broad SMARTS) is 2. The van der Waals surface area contributed by atoms with Crippen LogP contribution in [0.25, 0.3) is 11.1 Å². The van der Waals surface area contributed by atoms with Crippen molar-refractivity contribution in [2.45, 2.75) is 31.8 Å². The number of anilines is 1. The third kappa shape index (κ3) is 9.57. The number of ether oxygens (including phenoxy) is 2. The molecule has 7 N–H and O–H groups in total. The molecule has 0 fully saturated rings. The molecule has 0 saturated heterocycles. The average molecular weight is 749 g/mol. The Morgan fingerprint density at radius 3 is 2.10 bits per heavy atom. The number of carboxylic acids is 2. The summed E-state index contributed by atoms with van der Waals surface area (Å²) in [5.74, 6) is -2.47. The highest BCUT2D eigenvalue weighted by Crippen LogP contribution is 2.41. The molecule has 17 heteroatoms. The van der Waals surface area contributed by atoms with E-state index in [0.29, 0.717) is 33.6 Å². The molecule has 0 bridgehead atoms. The first-order valence-electron chi connectivity index (χ1n) is 14.8. The van der Waals surface area contributed by atoms with Crippen LogP contribution < -0.4 is 25.4 Å². The normalized spacial score (nSPS) is 12.2. The van der Waals surface area contributed by atoms with E-state index in [4.69, 9.17) is 59.6 Å². The summed E-state index contributed by atoms with van der Waals surface area (Å²) in [4.78, 5) is 43.8. The van der Waals surface area contributed by atoms with Gasteiger partial charge in [0.2, 0.25) is 5.88 Å². The fourth-order valence-corrected chi connectivity index (χ4v) is 5.33. The molecular formula is C33H32Cl3N5O9. The van der Waals surface area contributed by atoms with Crippen molar-refractivity contribution in [1.82, 2.24) is 20.6 Å². The first-order valence-corrected chi connectivity index (χ1v) is 15.9. The average Bonchev–Trinajstić information content (AvgIpc) is 3.10. The molecular weight excluding hydrogens is 717 g/mol. The number of pyridine rings is 2. The van der Waals surface area contributed by atoms with E-state index < -0.39 is 43.1 Å². The van der Waals surface area contributed by atoms with E-state index in [1.807, 2.05) is 0 Å². The van der Waals surface area contributed by atoms with Crippen LogP contribution in [0.2, 0.25) is 15.1 Å². The Hall–Kier alpha value is -4.54. The van der Waals surface area contributed by atoms with Crippen LogP contribution in [-0.2, 0) is 29.3 Å². The van der Waals surface area contributed by atoms with Gasteiger partial charge in [0.1, 0.15) is 35.8 Å². The van der Waals surface area contributed by atoms with Gasteiger partial charge in [0.05, 0.1) is 41.1 Å². The highest BCUT2D eigenvalue weighted by molar-refractivity contribution is 6.39. The summed E-state index contributed by atoms with van der Waals surface area (Å²) in [6.45, 7) is -1.14. The highest BCUT2D eigenvalue weighted by atomic mass is 35.5. The quantitative estimate of drug-likeness (QED) is 0.0815. The number of nitrogens with one attached hydrogen (secondary N) is 3. The fraction of sp³-hybridized carbons (Fsp3) is 0.242. The number of methoxy groups -OCH3 is 1. The summed E-state index contributed by atoms with van der Waals surface area (Å²) >= 11 is 20.0. The van der Waals surface area contributed by atoms with Gasteiger partial charge in [0, 0.05) is 36.0 Å². The lowest BCUT2D eigenvalue weighted by atomic mass is 10.0. The number of nitrogens with zero attached hydrogens (tertiary/aromatic N) is 2. The SMILES string of the molecule is COc1nc(COc2cccc(-c3cccc(NC(=O)c4ccc(CN[C@H](CO)C(=O)O)cn4)c3Cl)c2Cl)c(Cl)cc1CN[C@H](CO)C(=O)O. The lowest BCUT2D eigenvalue weighted by molar-refractivity contribution is -0.141. The number of amides is 1. The lowest BCUT2D eigenvalue weighted by Crippen LogP contribution is -2.39. The number of hydrogen-bond acceptors (Lipinski definition) is 11. The van der Waals surface area contributed by atoms with Crippen LogP contribution in [0.4, 0.5) is 5.69 Å². The van der Waals surface area contributed by atoms with Gasteiger partial charge in [-0.15, -0.1) is 0 Å². The monoisotopic (exact) mass is 747 g/mol. The molecule has 50 heavy (non-hydrogen) atoms. The van der Waals surface area contributed by atoms with E-state index >= 15 is 0 Å². The Morgan fingerprint density at radius 2 is 1.50 bits per heavy atom. The lowest BCUT2D eigenvalue weighted by Gasteiger charge is -2.16. The van der Waals surface area contributed by atoms with E-state index in [2.05, 4.69) is 25.9 Å². The fourth-order valence-electron chi connectivity index (χ4n) is 4.55. The number of aliphatic carboxylic acids is 2. The van der Waals surface area contributed by atoms with Crippen molar-refractivity contribution in [3.63, 3.8) is 0 Å². The highest BCUT2D eigenvalue weighted by Gasteiger charge is 2.20. The van der Waals surface area contributed by atoms with Gasteiger partial charge < -0.3 is 35.2 Å². The van der Waals surface area contributed by atoms with E-state index in [1.54, 1.807) is 48.5 Å². The molecule has 0 aliphatic carbocycles. The van der Waals surface area contributed by atoms with Crippen molar-refractivity contribution in [1.29, 1.82) is 0 Å². The molecule has 2 aromatic carbocycles. The molecule has 14 nitrogen and oxygen atoms in total. The summed E-state index contributed by atoms with van der Waals surface area (Å²) < 4.78 is 11.3. The smallest absolute Gasteiger partial charge is 0.323 e. The summed E-state index contributed by atoms with van der Waals surface area (Å²) in [5.41, 5.74) is 2.79. The molecule has 264 valence electrons. The first kappa shape index (κ1) is 38.3. The van der Waals surface area contributed by atoms with E-state index in [0.717, 1.165) is 0 Å². The van der Waals surface area contributed by atoms with Crippen LogP contribution >= 0.6 is 34.8 Å². The number of carbonyl (C=O) groups excluding carboxylic acids is 1. The van der Waals surface area contributed by atoms with Crippen molar-refractivity contribution in [3.05, 3.63) is 98.4 Å². The molecule has 0 saturated carbocycles. The van der Waals surface area contributed by atoms with Gasteiger partial charge in [-0.05, 0) is 29.8 Å².